The van der Waals surface area contributed by atoms with Crippen LogP contribution < -0.4 is 16.0 Å². The average molecular weight is 347 g/mol. The zero-order valence-electron chi connectivity index (χ0n) is 15.1. The van der Waals surface area contributed by atoms with Gasteiger partial charge in [-0.1, -0.05) is 6.42 Å². The maximum Gasteiger partial charge on any atom is 0.223 e. The van der Waals surface area contributed by atoms with Gasteiger partial charge in [-0.25, -0.2) is 4.99 Å². The highest BCUT2D eigenvalue weighted by Crippen LogP contribution is 2.28. The van der Waals surface area contributed by atoms with Gasteiger partial charge < -0.3 is 20.5 Å². The molecule has 0 spiro atoms. The Kier molecular flexibility index (Phi) is 6.25. The molecule has 2 heterocycles. The van der Waals surface area contributed by atoms with E-state index in [0.29, 0.717) is 19.6 Å². The zero-order chi connectivity index (χ0) is 17.5. The second-order valence-electron chi connectivity index (χ2n) is 6.68. The minimum absolute atomic E-state index is 0.176. The molecule has 8 heteroatoms. The summed E-state index contributed by atoms with van der Waals surface area (Å²) in [6.45, 7) is 5.59. The van der Waals surface area contributed by atoms with Gasteiger partial charge in [-0.05, 0) is 32.6 Å². The number of nitrogens with one attached hydrogen (secondary N) is 3. The van der Waals surface area contributed by atoms with Crippen molar-refractivity contribution in [3.05, 3.63) is 11.6 Å². The summed E-state index contributed by atoms with van der Waals surface area (Å²) in [5.74, 6) is 3.19. The lowest BCUT2D eigenvalue weighted by Gasteiger charge is -2.12. The van der Waals surface area contributed by atoms with Crippen LogP contribution in [-0.2, 0) is 24.3 Å². The number of aromatic nitrogens is 3. The number of nitrogens with zero attached hydrogens (tertiary/aromatic N) is 4. The SMILES string of the molecule is CCNC(=NCc1nnc2n1CCCCC2)NCCNC(=O)C1CC1. The monoisotopic (exact) mass is 347 g/mol. The molecule has 1 aromatic rings. The van der Waals surface area contributed by atoms with Crippen LogP contribution in [0.25, 0.3) is 0 Å². The van der Waals surface area contributed by atoms with Crippen LogP contribution in [-0.4, -0.2) is 46.3 Å². The molecule has 1 aliphatic heterocycles. The number of amides is 1. The first-order valence-electron chi connectivity index (χ1n) is 9.48. The van der Waals surface area contributed by atoms with Crippen LogP contribution >= 0.6 is 0 Å². The van der Waals surface area contributed by atoms with Crippen molar-refractivity contribution in [2.75, 3.05) is 19.6 Å². The fourth-order valence-electron chi connectivity index (χ4n) is 3.01. The number of hydrogen-bond acceptors (Lipinski definition) is 4. The van der Waals surface area contributed by atoms with Crippen LogP contribution in [0.5, 0.6) is 0 Å². The highest BCUT2D eigenvalue weighted by atomic mass is 16.2. The van der Waals surface area contributed by atoms with Crippen LogP contribution in [0, 0.1) is 5.92 Å². The summed E-state index contributed by atoms with van der Waals surface area (Å²) in [5.41, 5.74) is 0. The number of carbonyl (C=O) groups excluding carboxylic acids is 1. The second kappa shape index (κ2) is 8.82. The Labute approximate surface area is 148 Å². The maximum absolute atomic E-state index is 11.6. The van der Waals surface area contributed by atoms with Gasteiger partial charge in [0.2, 0.25) is 5.91 Å². The van der Waals surface area contributed by atoms with E-state index in [4.69, 9.17) is 0 Å². The number of carbonyl (C=O) groups is 1. The number of aliphatic imine (C=N–C) groups is 1. The van der Waals surface area contributed by atoms with Gasteiger partial charge in [0.25, 0.3) is 0 Å². The van der Waals surface area contributed by atoms with Crippen LogP contribution in [0.4, 0.5) is 0 Å². The molecule has 0 saturated heterocycles. The van der Waals surface area contributed by atoms with E-state index in [-0.39, 0.29) is 11.8 Å². The average Bonchev–Trinajstić information content (AvgIpc) is 3.42. The minimum Gasteiger partial charge on any atom is -0.357 e. The van der Waals surface area contributed by atoms with E-state index in [2.05, 4.69) is 35.7 Å². The van der Waals surface area contributed by atoms with Gasteiger partial charge in [-0.2, -0.15) is 0 Å². The van der Waals surface area contributed by atoms with Gasteiger partial charge in [-0.3, -0.25) is 4.79 Å². The quantitative estimate of drug-likeness (QED) is 0.381. The lowest BCUT2D eigenvalue weighted by molar-refractivity contribution is -0.122. The number of guanidine groups is 1. The van der Waals surface area contributed by atoms with Crippen molar-refractivity contribution in [3.8, 4) is 0 Å². The summed E-state index contributed by atoms with van der Waals surface area (Å²) in [6.07, 6.45) is 6.70. The molecular formula is C17H29N7O. The highest BCUT2D eigenvalue weighted by molar-refractivity contribution is 5.81. The molecule has 0 radical (unpaired) electrons. The highest BCUT2D eigenvalue weighted by Gasteiger charge is 2.28. The molecule has 0 unspecified atom stereocenters. The molecule has 1 amide bonds. The van der Waals surface area contributed by atoms with Crippen molar-refractivity contribution in [3.63, 3.8) is 0 Å². The van der Waals surface area contributed by atoms with E-state index in [1.807, 2.05) is 6.92 Å². The first kappa shape index (κ1) is 17.7. The summed E-state index contributed by atoms with van der Waals surface area (Å²) >= 11 is 0. The zero-order valence-corrected chi connectivity index (χ0v) is 15.1. The molecule has 0 atom stereocenters. The van der Waals surface area contributed by atoms with Crippen molar-refractivity contribution >= 4 is 11.9 Å². The summed E-state index contributed by atoms with van der Waals surface area (Å²) in [5, 5.41) is 18.1. The van der Waals surface area contributed by atoms with E-state index in [1.165, 1.54) is 19.3 Å². The molecule has 25 heavy (non-hydrogen) atoms. The standard InChI is InChI=1S/C17H29N7O/c1-2-18-17(20-10-9-19-16(25)13-7-8-13)21-12-15-23-22-14-6-4-3-5-11-24(14)15/h13H,2-12H2,1H3,(H,19,25)(H2,18,20,21). The van der Waals surface area contributed by atoms with Gasteiger partial charge in [0, 0.05) is 38.5 Å². The Morgan fingerprint density at radius 2 is 2.00 bits per heavy atom. The van der Waals surface area contributed by atoms with Crippen LogP contribution in [0.2, 0.25) is 0 Å². The number of aryl methyl sites for hydroxylation is 1. The predicted molar refractivity (Wildman–Crippen MR) is 96.1 cm³/mol. The predicted octanol–water partition coefficient (Wildman–Crippen LogP) is 0.586. The minimum atomic E-state index is 0.176. The van der Waals surface area contributed by atoms with Crippen molar-refractivity contribution in [2.24, 2.45) is 10.9 Å². The lowest BCUT2D eigenvalue weighted by Crippen LogP contribution is -2.41. The van der Waals surface area contributed by atoms with Gasteiger partial charge in [0.1, 0.15) is 12.4 Å². The van der Waals surface area contributed by atoms with E-state index >= 15 is 0 Å². The summed E-state index contributed by atoms with van der Waals surface area (Å²) in [6, 6.07) is 0. The molecule has 138 valence electrons. The third-order valence-electron chi connectivity index (χ3n) is 4.57. The molecule has 3 N–H and O–H groups in total. The van der Waals surface area contributed by atoms with Gasteiger partial charge in [-0.15, -0.1) is 10.2 Å². The van der Waals surface area contributed by atoms with Gasteiger partial charge in [0.15, 0.2) is 11.8 Å². The van der Waals surface area contributed by atoms with Crippen LogP contribution in [0.3, 0.4) is 0 Å². The van der Waals surface area contributed by atoms with E-state index in [9.17, 15) is 4.79 Å². The lowest BCUT2D eigenvalue weighted by atomic mass is 10.2. The summed E-state index contributed by atoms with van der Waals surface area (Å²) in [4.78, 5) is 16.2. The molecule has 0 aromatic carbocycles. The van der Waals surface area contributed by atoms with Crippen LogP contribution in [0.1, 0.15) is 50.7 Å². The topological polar surface area (TPSA) is 96.2 Å². The third kappa shape index (κ3) is 5.17. The molecule has 1 saturated carbocycles. The molecular weight excluding hydrogens is 318 g/mol. The van der Waals surface area contributed by atoms with Crippen LogP contribution in [0.15, 0.2) is 4.99 Å². The Morgan fingerprint density at radius 1 is 1.16 bits per heavy atom. The Morgan fingerprint density at radius 3 is 2.80 bits per heavy atom. The molecule has 1 fully saturated rings. The molecule has 1 aliphatic carbocycles. The van der Waals surface area contributed by atoms with Crippen molar-refractivity contribution in [2.45, 2.75) is 58.5 Å². The largest absolute Gasteiger partial charge is 0.357 e. The van der Waals surface area contributed by atoms with E-state index < -0.39 is 0 Å². The maximum atomic E-state index is 11.6. The second-order valence-corrected chi connectivity index (χ2v) is 6.68. The first-order valence-corrected chi connectivity index (χ1v) is 9.48. The number of fused-ring (bicyclic) bond motifs is 1. The Hall–Kier alpha value is -2.12. The van der Waals surface area contributed by atoms with Gasteiger partial charge in [0.05, 0.1) is 0 Å². The molecule has 3 rings (SSSR count). The fraction of sp³-hybridized carbons (Fsp3) is 0.765. The van der Waals surface area contributed by atoms with Gasteiger partial charge >= 0.3 is 0 Å². The summed E-state index contributed by atoms with van der Waals surface area (Å²) < 4.78 is 2.22. The Bertz CT molecular complexity index is 606. The van der Waals surface area contributed by atoms with E-state index in [1.54, 1.807) is 0 Å². The number of hydrogen-bond donors (Lipinski definition) is 3. The first-order chi connectivity index (χ1) is 12.3. The Balaban J connectivity index is 1.49. The van der Waals surface area contributed by atoms with E-state index in [0.717, 1.165) is 50.0 Å². The van der Waals surface area contributed by atoms with Crippen molar-refractivity contribution in [1.82, 2.24) is 30.7 Å². The molecule has 0 bridgehead atoms. The molecule has 1 aromatic heterocycles. The summed E-state index contributed by atoms with van der Waals surface area (Å²) in [7, 11) is 0. The third-order valence-corrected chi connectivity index (χ3v) is 4.57. The molecule has 2 aliphatic rings. The van der Waals surface area contributed by atoms with Crippen molar-refractivity contribution < 1.29 is 4.79 Å². The number of rotatable bonds is 7. The molecule has 8 nitrogen and oxygen atoms in total. The van der Waals surface area contributed by atoms with Crippen molar-refractivity contribution in [1.29, 1.82) is 0 Å². The fourth-order valence-corrected chi connectivity index (χ4v) is 3.01. The normalized spacial score (nSPS) is 17.6. The smallest absolute Gasteiger partial charge is 0.223 e.